The van der Waals surface area contributed by atoms with E-state index in [1.165, 1.54) is 0 Å². The highest BCUT2D eigenvalue weighted by molar-refractivity contribution is 5.68. The Morgan fingerprint density at radius 2 is 2.13 bits per heavy atom. The first-order valence-electron chi connectivity index (χ1n) is 8.18. The van der Waals surface area contributed by atoms with Crippen molar-refractivity contribution >= 4 is 11.8 Å². The second kappa shape index (κ2) is 7.41. The van der Waals surface area contributed by atoms with Crippen molar-refractivity contribution in [1.29, 1.82) is 0 Å². The van der Waals surface area contributed by atoms with E-state index in [-0.39, 0.29) is 6.09 Å². The lowest BCUT2D eigenvalue weighted by Gasteiger charge is -2.26. The van der Waals surface area contributed by atoms with Gasteiger partial charge in [-0.15, -0.1) is 6.42 Å². The van der Waals surface area contributed by atoms with E-state index in [0.29, 0.717) is 12.6 Å². The average molecular weight is 314 g/mol. The Bertz CT molecular complexity index is 584. The highest BCUT2D eigenvalue weighted by Gasteiger charge is 2.25. The summed E-state index contributed by atoms with van der Waals surface area (Å²) in [6.45, 7) is 7.14. The molecular formula is C19H26N2O2. The van der Waals surface area contributed by atoms with Gasteiger partial charge in [-0.1, -0.05) is 12.0 Å². The summed E-state index contributed by atoms with van der Waals surface area (Å²) >= 11 is 0. The van der Waals surface area contributed by atoms with Crippen molar-refractivity contribution in [2.75, 3.05) is 18.4 Å². The van der Waals surface area contributed by atoms with Gasteiger partial charge in [-0.05, 0) is 58.2 Å². The molecule has 1 unspecified atom stereocenters. The summed E-state index contributed by atoms with van der Waals surface area (Å²) in [6, 6.07) is 8.23. The van der Waals surface area contributed by atoms with Crippen LogP contribution in [0.5, 0.6) is 0 Å². The summed E-state index contributed by atoms with van der Waals surface area (Å²) in [4.78, 5) is 14.0. The minimum atomic E-state index is -0.448. The van der Waals surface area contributed by atoms with Gasteiger partial charge in [-0.25, -0.2) is 4.79 Å². The van der Waals surface area contributed by atoms with Gasteiger partial charge in [0.1, 0.15) is 5.60 Å². The highest BCUT2D eigenvalue weighted by Crippen LogP contribution is 2.19. The molecule has 1 saturated heterocycles. The number of likely N-dealkylation sites (tertiary alicyclic amines) is 1. The molecule has 1 atom stereocenters. The molecule has 0 aromatic heterocycles. The van der Waals surface area contributed by atoms with Crippen LogP contribution in [0.2, 0.25) is 0 Å². The molecule has 1 heterocycles. The third-order valence-corrected chi connectivity index (χ3v) is 3.78. The van der Waals surface area contributed by atoms with E-state index in [1.807, 2.05) is 49.9 Å². The van der Waals surface area contributed by atoms with Crippen molar-refractivity contribution in [3.05, 3.63) is 29.8 Å². The van der Waals surface area contributed by atoms with Gasteiger partial charge >= 0.3 is 6.09 Å². The maximum atomic E-state index is 12.2. The van der Waals surface area contributed by atoms with Crippen LogP contribution in [0.4, 0.5) is 10.5 Å². The number of nitrogens with one attached hydrogen (secondary N) is 1. The first kappa shape index (κ1) is 17.2. The first-order valence-corrected chi connectivity index (χ1v) is 8.18. The zero-order valence-corrected chi connectivity index (χ0v) is 14.3. The highest BCUT2D eigenvalue weighted by atomic mass is 16.6. The van der Waals surface area contributed by atoms with Crippen LogP contribution < -0.4 is 5.32 Å². The number of hydrogen-bond acceptors (Lipinski definition) is 3. The molecule has 4 heteroatoms. The van der Waals surface area contributed by atoms with E-state index in [9.17, 15) is 4.79 Å². The SMILES string of the molecule is C#Cc1cccc(NC2CCCN(C(=O)OC(C)(C)C)CC2)c1. The van der Waals surface area contributed by atoms with Gasteiger partial charge in [-0.3, -0.25) is 0 Å². The molecule has 0 saturated carbocycles. The lowest BCUT2D eigenvalue weighted by molar-refractivity contribution is 0.0256. The van der Waals surface area contributed by atoms with Crippen LogP contribution in [0.25, 0.3) is 0 Å². The third kappa shape index (κ3) is 5.52. The van der Waals surface area contributed by atoms with Gasteiger partial charge in [0.2, 0.25) is 0 Å². The normalized spacial score (nSPS) is 18.7. The number of terminal acetylenes is 1. The fourth-order valence-electron chi connectivity index (χ4n) is 2.68. The predicted molar refractivity (Wildman–Crippen MR) is 93.4 cm³/mol. The second-order valence-electron chi connectivity index (χ2n) is 6.96. The quantitative estimate of drug-likeness (QED) is 0.843. The lowest BCUT2D eigenvalue weighted by atomic mass is 10.1. The average Bonchev–Trinajstić information content (AvgIpc) is 2.71. The lowest BCUT2D eigenvalue weighted by Crippen LogP contribution is -2.37. The Hall–Kier alpha value is -2.15. The van der Waals surface area contributed by atoms with E-state index < -0.39 is 5.60 Å². The summed E-state index contributed by atoms with van der Waals surface area (Å²) in [5, 5.41) is 3.53. The van der Waals surface area contributed by atoms with Crippen LogP contribution >= 0.6 is 0 Å². The molecule has 1 N–H and O–H groups in total. The number of amides is 1. The van der Waals surface area contributed by atoms with Crippen LogP contribution in [0.15, 0.2) is 24.3 Å². The molecule has 0 radical (unpaired) electrons. The molecule has 1 fully saturated rings. The third-order valence-electron chi connectivity index (χ3n) is 3.78. The molecule has 2 rings (SSSR count). The van der Waals surface area contributed by atoms with Gasteiger partial charge in [0.05, 0.1) is 0 Å². The Labute approximate surface area is 139 Å². The van der Waals surface area contributed by atoms with Gasteiger partial charge in [0.25, 0.3) is 0 Å². The van der Waals surface area contributed by atoms with Crippen molar-refractivity contribution in [1.82, 2.24) is 4.90 Å². The van der Waals surface area contributed by atoms with E-state index in [1.54, 1.807) is 0 Å². The number of rotatable bonds is 2. The van der Waals surface area contributed by atoms with Crippen LogP contribution in [0, 0.1) is 12.3 Å². The fourth-order valence-corrected chi connectivity index (χ4v) is 2.68. The predicted octanol–water partition coefficient (Wildman–Crippen LogP) is 3.87. The number of nitrogens with zero attached hydrogens (tertiary/aromatic N) is 1. The number of carbonyl (C=O) groups excluding carboxylic acids is 1. The monoisotopic (exact) mass is 314 g/mol. The molecule has 1 aromatic carbocycles. The topological polar surface area (TPSA) is 41.6 Å². The second-order valence-corrected chi connectivity index (χ2v) is 6.96. The minimum Gasteiger partial charge on any atom is -0.444 e. The maximum absolute atomic E-state index is 12.2. The maximum Gasteiger partial charge on any atom is 0.410 e. The fraction of sp³-hybridized carbons (Fsp3) is 0.526. The largest absolute Gasteiger partial charge is 0.444 e. The molecule has 4 nitrogen and oxygen atoms in total. The Balaban J connectivity index is 1.91. The molecule has 1 aliphatic rings. The molecule has 0 bridgehead atoms. The summed E-state index contributed by atoms with van der Waals surface area (Å²) in [5.74, 6) is 2.65. The van der Waals surface area contributed by atoms with Crippen molar-refractivity contribution in [3.63, 3.8) is 0 Å². The molecule has 1 aromatic rings. The van der Waals surface area contributed by atoms with Crippen molar-refractivity contribution < 1.29 is 9.53 Å². The molecule has 0 aliphatic carbocycles. The van der Waals surface area contributed by atoms with Gasteiger partial charge < -0.3 is 15.0 Å². The number of hydrogen-bond donors (Lipinski definition) is 1. The molecular weight excluding hydrogens is 288 g/mol. The molecule has 0 spiro atoms. The van der Waals surface area contributed by atoms with Crippen LogP contribution in [-0.4, -0.2) is 35.7 Å². The van der Waals surface area contributed by atoms with Crippen molar-refractivity contribution in [2.24, 2.45) is 0 Å². The van der Waals surface area contributed by atoms with Gasteiger partial charge in [0.15, 0.2) is 0 Å². The van der Waals surface area contributed by atoms with Crippen molar-refractivity contribution in [3.8, 4) is 12.3 Å². The van der Waals surface area contributed by atoms with Gasteiger partial charge in [0, 0.05) is 30.4 Å². The number of anilines is 1. The molecule has 124 valence electrons. The van der Waals surface area contributed by atoms with E-state index in [4.69, 9.17) is 11.2 Å². The van der Waals surface area contributed by atoms with Gasteiger partial charge in [-0.2, -0.15) is 0 Å². The smallest absolute Gasteiger partial charge is 0.410 e. The zero-order valence-electron chi connectivity index (χ0n) is 14.3. The number of benzene rings is 1. The summed E-state index contributed by atoms with van der Waals surface area (Å²) < 4.78 is 5.46. The van der Waals surface area contributed by atoms with E-state index in [0.717, 1.165) is 37.1 Å². The summed E-state index contributed by atoms with van der Waals surface area (Å²) in [5.41, 5.74) is 1.46. The minimum absolute atomic E-state index is 0.215. The molecule has 1 amide bonds. The van der Waals surface area contributed by atoms with Crippen LogP contribution in [-0.2, 0) is 4.74 Å². The Kier molecular flexibility index (Phi) is 5.54. The molecule has 1 aliphatic heterocycles. The Morgan fingerprint density at radius 3 is 2.83 bits per heavy atom. The zero-order chi connectivity index (χ0) is 16.9. The number of ether oxygens (including phenoxy) is 1. The Morgan fingerprint density at radius 1 is 1.35 bits per heavy atom. The van der Waals surface area contributed by atoms with Crippen molar-refractivity contribution in [2.45, 2.75) is 51.7 Å². The number of carbonyl (C=O) groups is 1. The van der Waals surface area contributed by atoms with E-state index >= 15 is 0 Å². The van der Waals surface area contributed by atoms with Crippen LogP contribution in [0.3, 0.4) is 0 Å². The summed E-state index contributed by atoms with van der Waals surface area (Å²) in [7, 11) is 0. The van der Waals surface area contributed by atoms with E-state index in [2.05, 4.69) is 11.2 Å². The standard InChI is InChI=1S/C19H26N2O2/c1-5-15-8-6-9-17(14-15)20-16-10-7-12-21(13-11-16)18(22)23-19(2,3)4/h1,6,8-9,14,16,20H,7,10-13H2,2-4H3. The van der Waals surface area contributed by atoms with Crippen LogP contribution in [0.1, 0.15) is 45.6 Å². The summed E-state index contributed by atoms with van der Waals surface area (Å²) in [6.07, 6.45) is 8.12. The molecule has 23 heavy (non-hydrogen) atoms. The first-order chi connectivity index (χ1) is 10.9.